The fraction of sp³-hybridized carbons (Fsp3) is 0.516. The van der Waals surface area contributed by atoms with Gasteiger partial charge in [-0.15, -0.1) is 0 Å². The van der Waals surface area contributed by atoms with E-state index in [2.05, 4.69) is 9.64 Å². The van der Waals surface area contributed by atoms with Crippen LogP contribution in [0.3, 0.4) is 0 Å². The first-order valence-electron chi connectivity index (χ1n) is 14.2. The molecule has 2 N–H and O–H groups in total. The summed E-state index contributed by atoms with van der Waals surface area (Å²) in [6.45, 7) is 1.33. The molecule has 0 aromatic heterocycles. The normalized spacial score (nSPS) is 21.8. The highest BCUT2D eigenvalue weighted by Crippen LogP contribution is 2.31. The first kappa shape index (κ1) is 30.8. The summed E-state index contributed by atoms with van der Waals surface area (Å²) in [6, 6.07) is 7.93. The molecule has 0 radical (unpaired) electrons. The molecule has 1 saturated heterocycles. The van der Waals surface area contributed by atoms with Crippen molar-refractivity contribution in [2.45, 2.75) is 64.1 Å². The average Bonchev–Trinajstić information content (AvgIpc) is 3.37. The summed E-state index contributed by atoms with van der Waals surface area (Å²) in [5.74, 6) is -1.22. The highest BCUT2D eigenvalue weighted by atomic mass is 19.3. The van der Waals surface area contributed by atoms with Crippen LogP contribution in [0.15, 0.2) is 42.0 Å². The van der Waals surface area contributed by atoms with Gasteiger partial charge in [0.2, 0.25) is 0 Å². The zero-order chi connectivity index (χ0) is 29.5. The van der Waals surface area contributed by atoms with E-state index in [9.17, 15) is 22.4 Å². The number of carbonyl (C=O) groups is 1. The van der Waals surface area contributed by atoms with E-state index in [4.69, 9.17) is 10.5 Å². The zero-order valence-corrected chi connectivity index (χ0v) is 23.6. The maximum atomic E-state index is 14.4. The van der Waals surface area contributed by atoms with Gasteiger partial charge in [0.15, 0.2) is 11.5 Å². The summed E-state index contributed by atoms with van der Waals surface area (Å²) >= 11 is 0. The van der Waals surface area contributed by atoms with Gasteiger partial charge in [0.1, 0.15) is 11.6 Å². The van der Waals surface area contributed by atoms with Crippen LogP contribution in [0.1, 0.15) is 61.4 Å². The van der Waals surface area contributed by atoms with Crippen molar-refractivity contribution in [3.05, 3.63) is 64.7 Å². The number of hydrogen-bond donors (Lipinski definition) is 1. The molecule has 1 aliphatic carbocycles. The first-order chi connectivity index (χ1) is 19.6. The molecule has 10 heteroatoms. The number of likely N-dealkylation sites (tertiary alicyclic amines) is 1. The van der Waals surface area contributed by atoms with Gasteiger partial charge in [-0.2, -0.15) is 8.78 Å². The van der Waals surface area contributed by atoms with E-state index in [1.807, 2.05) is 0 Å². The number of ether oxygens (including phenoxy) is 2. The number of benzene rings is 2. The molecule has 2 aliphatic rings. The molecule has 6 nitrogen and oxygen atoms in total. The molecule has 4 rings (SSSR count). The molecule has 0 spiro atoms. The fourth-order valence-corrected chi connectivity index (χ4v) is 5.93. The van der Waals surface area contributed by atoms with Gasteiger partial charge in [-0.3, -0.25) is 9.69 Å². The molecule has 1 unspecified atom stereocenters. The minimum absolute atomic E-state index is 0.0229. The predicted molar refractivity (Wildman–Crippen MR) is 150 cm³/mol. The van der Waals surface area contributed by atoms with Crippen molar-refractivity contribution < 1.29 is 31.8 Å². The molecular formula is C31H39F4N3O3. The number of methoxy groups -OCH3 is 1. The largest absolute Gasteiger partial charge is 0.493 e. The van der Waals surface area contributed by atoms with Crippen LogP contribution in [0.25, 0.3) is 6.08 Å². The van der Waals surface area contributed by atoms with E-state index in [0.717, 1.165) is 57.7 Å². The van der Waals surface area contributed by atoms with Crippen molar-refractivity contribution in [2.24, 2.45) is 11.7 Å². The van der Waals surface area contributed by atoms with Gasteiger partial charge in [0.05, 0.1) is 7.11 Å². The van der Waals surface area contributed by atoms with Crippen molar-refractivity contribution in [3.8, 4) is 11.5 Å². The molecule has 1 heterocycles. The Balaban J connectivity index is 1.56. The predicted octanol–water partition coefficient (Wildman–Crippen LogP) is 6.10. The Morgan fingerprint density at radius 1 is 1.10 bits per heavy atom. The molecule has 1 atom stereocenters. The second-order valence-electron chi connectivity index (χ2n) is 11.2. The molecular weight excluding hydrogens is 538 g/mol. The molecule has 2 fully saturated rings. The van der Waals surface area contributed by atoms with Crippen LogP contribution >= 0.6 is 0 Å². The molecule has 2 aromatic rings. The fourth-order valence-electron chi connectivity index (χ4n) is 5.93. The lowest BCUT2D eigenvalue weighted by Crippen LogP contribution is -2.45. The number of alkyl halides is 2. The van der Waals surface area contributed by atoms with Gasteiger partial charge in [-0.1, -0.05) is 11.6 Å². The summed E-state index contributed by atoms with van der Waals surface area (Å²) < 4.78 is 63.2. The van der Waals surface area contributed by atoms with E-state index < -0.39 is 18.2 Å². The van der Waals surface area contributed by atoms with Gasteiger partial charge < -0.3 is 20.1 Å². The number of nitrogens with zero attached hydrogens (tertiary/aromatic N) is 2. The molecule has 224 valence electrons. The minimum atomic E-state index is -3.03. The number of amides is 1. The number of carbonyl (C=O) groups excluding carboxylic acids is 1. The van der Waals surface area contributed by atoms with Gasteiger partial charge in [-0.25, -0.2) is 8.78 Å². The highest BCUT2D eigenvalue weighted by molar-refractivity contribution is 5.95. The van der Waals surface area contributed by atoms with Crippen LogP contribution in [0.4, 0.5) is 17.6 Å². The Hall–Kier alpha value is -3.11. The van der Waals surface area contributed by atoms with Crippen molar-refractivity contribution in [1.82, 2.24) is 9.80 Å². The van der Waals surface area contributed by atoms with E-state index >= 15 is 0 Å². The Morgan fingerprint density at radius 3 is 2.54 bits per heavy atom. The quantitative estimate of drug-likeness (QED) is 0.327. The van der Waals surface area contributed by atoms with Crippen LogP contribution in [0.5, 0.6) is 11.5 Å². The maximum Gasteiger partial charge on any atom is 0.387 e. The summed E-state index contributed by atoms with van der Waals surface area (Å²) in [4.78, 5) is 18.0. The van der Waals surface area contributed by atoms with Gasteiger partial charge >= 0.3 is 6.61 Å². The number of hydrogen-bond acceptors (Lipinski definition) is 5. The third kappa shape index (κ3) is 8.45. The summed E-state index contributed by atoms with van der Waals surface area (Å²) in [7, 11) is 1.32. The lowest BCUT2D eigenvalue weighted by atomic mass is 9.86. The molecule has 2 aromatic carbocycles. The van der Waals surface area contributed by atoms with Crippen LogP contribution in [-0.4, -0.2) is 67.7 Å². The first-order valence-corrected chi connectivity index (χ1v) is 14.2. The maximum absolute atomic E-state index is 14.4. The summed E-state index contributed by atoms with van der Waals surface area (Å²) in [5.41, 5.74) is 7.29. The van der Waals surface area contributed by atoms with Crippen LogP contribution in [0, 0.1) is 17.6 Å². The van der Waals surface area contributed by atoms with Crippen LogP contribution in [0.2, 0.25) is 0 Å². The standard InChI is InChI=1S/C31H39F4N3O3/c1-20(14-22-7-9-24(32)16-27(22)33)17-38(30(39)23-8-12-28(41-31(34)35)29(15-23)40-2)19-26-4-3-13-37(26)18-21-5-10-25(36)11-6-21/h7-9,12,14-16,21,25-26,31H,3-6,10-11,13,17-19,36H2,1-2H3/b20-14+. The van der Waals surface area contributed by atoms with Crippen molar-refractivity contribution in [1.29, 1.82) is 0 Å². The number of nitrogens with two attached hydrogens (primary N) is 1. The number of halogens is 4. The van der Waals surface area contributed by atoms with Crippen molar-refractivity contribution in [3.63, 3.8) is 0 Å². The van der Waals surface area contributed by atoms with Gasteiger partial charge in [0, 0.05) is 48.9 Å². The molecule has 0 bridgehead atoms. The monoisotopic (exact) mass is 577 g/mol. The van der Waals surface area contributed by atoms with E-state index in [0.29, 0.717) is 18.0 Å². The van der Waals surface area contributed by atoms with Crippen molar-refractivity contribution >= 4 is 12.0 Å². The Kier molecular flexibility index (Phi) is 10.7. The molecule has 41 heavy (non-hydrogen) atoms. The Labute approximate surface area is 239 Å². The number of rotatable bonds is 11. The van der Waals surface area contributed by atoms with Crippen LogP contribution in [-0.2, 0) is 0 Å². The van der Waals surface area contributed by atoms with Crippen molar-refractivity contribution in [2.75, 3.05) is 33.3 Å². The SMILES string of the molecule is COc1cc(C(=O)N(C/C(C)=C/c2ccc(F)cc2F)CC2CCCN2CC2CCC(N)CC2)ccc1OC(F)F. The minimum Gasteiger partial charge on any atom is -0.493 e. The topological polar surface area (TPSA) is 68.0 Å². The van der Waals surface area contributed by atoms with E-state index in [-0.39, 0.29) is 47.2 Å². The molecule has 1 aliphatic heterocycles. The van der Waals surface area contributed by atoms with Crippen LogP contribution < -0.4 is 15.2 Å². The van der Waals surface area contributed by atoms with E-state index in [1.165, 1.54) is 37.4 Å². The second kappa shape index (κ2) is 14.2. The smallest absolute Gasteiger partial charge is 0.387 e. The van der Waals surface area contributed by atoms with Gasteiger partial charge in [-0.05, 0) is 88.2 Å². The third-order valence-electron chi connectivity index (χ3n) is 8.03. The average molecular weight is 578 g/mol. The Morgan fingerprint density at radius 2 is 1.85 bits per heavy atom. The molecule has 1 saturated carbocycles. The third-order valence-corrected chi connectivity index (χ3v) is 8.03. The lowest BCUT2D eigenvalue weighted by molar-refractivity contribution is -0.0512. The molecule has 1 amide bonds. The van der Waals surface area contributed by atoms with Gasteiger partial charge in [0.25, 0.3) is 5.91 Å². The lowest BCUT2D eigenvalue weighted by Gasteiger charge is -2.35. The highest BCUT2D eigenvalue weighted by Gasteiger charge is 2.31. The van der Waals surface area contributed by atoms with E-state index in [1.54, 1.807) is 17.9 Å². The zero-order valence-electron chi connectivity index (χ0n) is 23.6. The second-order valence-corrected chi connectivity index (χ2v) is 11.2. The summed E-state index contributed by atoms with van der Waals surface area (Å²) in [6.07, 6.45) is 7.84. The Bertz CT molecular complexity index is 1220. The summed E-state index contributed by atoms with van der Waals surface area (Å²) in [5, 5.41) is 0.